The molecule has 1 aliphatic rings. The molecule has 122 valence electrons. The monoisotopic (exact) mass is 310 g/mol. The summed E-state index contributed by atoms with van der Waals surface area (Å²) in [4.78, 5) is 4.85. The van der Waals surface area contributed by atoms with E-state index >= 15 is 0 Å². The van der Waals surface area contributed by atoms with Crippen LogP contribution in [0.4, 0.5) is 0 Å². The van der Waals surface area contributed by atoms with Gasteiger partial charge in [0.15, 0.2) is 0 Å². The Morgan fingerprint density at radius 1 is 0.870 bits per heavy atom. The maximum Gasteiger partial charge on any atom is 0.0639 e. The van der Waals surface area contributed by atoms with Gasteiger partial charge in [-0.25, -0.2) is 0 Å². The summed E-state index contributed by atoms with van der Waals surface area (Å²) in [5.74, 6) is 0. The van der Waals surface area contributed by atoms with Gasteiger partial charge in [-0.15, -0.1) is 0 Å². The lowest BCUT2D eigenvalue weighted by Gasteiger charge is -2.35. The third-order valence-corrected chi connectivity index (χ3v) is 4.43. The number of benzene rings is 2. The SMILES string of the molecule is C[C@H](O)CN1CCN(Cc2cccc(-c3ccccc3)c2)CC1. The van der Waals surface area contributed by atoms with Crippen LogP contribution in [-0.2, 0) is 6.54 Å². The Hall–Kier alpha value is -1.68. The summed E-state index contributed by atoms with van der Waals surface area (Å²) in [6.07, 6.45) is -0.232. The first-order chi connectivity index (χ1) is 11.2. The molecule has 0 aliphatic carbocycles. The maximum atomic E-state index is 9.49. The molecule has 1 N–H and O–H groups in total. The molecule has 3 heteroatoms. The zero-order valence-electron chi connectivity index (χ0n) is 13.9. The molecule has 1 saturated heterocycles. The van der Waals surface area contributed by atoms with E-state index < -0.39 is 0 Å². The minimum Gasteiger partial charge on any atom is -0.392 e. The molecule has 0 unspecified atom stereocenters. The van der Waals surface area contributed by atoms with Crippen LogP contribution in [0.5, 0.6) is 0 Å². The second-order valence-electron chi connectivity index (χ2n) is 6.49. The van der Waals surface area contributed by atoms with Crippen molar-refractivity contribution in [1.29, 1.82) is 0 Å². The molecule has 1 aliphatic heterocycles. The Morgan fingerprint density at radius 3 is 2.22 bits per heavy atom. The fraction of sp³-hybridized carbons (Fsp3) is 0.400. The summed E-state index contributed by atoms with van der Waals surface area (Å²) in [7, 11) is 0. The molecule has 0 saturated carbocycles. The maximum absolute atomic E-state index is 9.49. The molecule has 1 fully saturated rings. The van der Waals surface area contributed by atoms with E-state index in [0.29, 0.717) is 0 Å². The van der Waals surface area contributed by atoms with Gasteiger partial charge in [0, 0.05) is 39.3 Å². The molecule has 1 atom stereocenters. The van der Waals surface area contributed by atoms with Crippen LogP contribution in [0.2, 0.25) is 0 Å². The molecule has 0 aromatic heterocycles. The second-order valence-corrected chi connectivity index (χ2v) is 6.49. The number of piperazine rings is 1. The molecule has 3 rings (SSSR count). The third-order valence-electron chi connectivity index (χ3n) is 4.43. The number of hydrogen-bond donors (Lipinski definition) is 1. The molecule has 23 heavy (non-hydrogen) atoms. The van der Waals surface area contributed by atoms with Crippen molar-refractivity contribution in [2.75, 3.05) is 32.7 Å². The topological polar surface area (TPSA) is 26.7 Å². The first-order valence-electron chi connectivity index (χ1n) is 8.48. The third kappa shape index (κ3) is 4.64. The minimum absolute atomic E-state index is 0.232. The van der Waals surface area contributed by atoms with E-state index in [1.165, 1.54) is 16.7 Å². The summed E-state index contributed by atoms with van der Waals surface area (Å²) in [6.45, 7) is 7.89. The van der Waals surface area contributed by atoms with Crippen molar-refractivity contribution < 1.29 is 5.11 Å². The molecule has 0 bridgehead atoms. The summed E-state index contributed by atoms with van der Waals surface area (Å²) in [6, 6.07) is 19.4. The highest BCUT2D eigenvalue weighted by Crippen LogP contribution is 2.21. The Morgan fingerprint density at radius 2 is 1.52 bits per heavy atom. The van der Waals surface area contributed by atoms with Crippen molar-refractivity contribution in [3.63, 3.8) is 0 Å². The highest BCUT2D eigenvalue weighted by Gasteiger charge is 2.17. The van der Waals surface area contributed by atoms with Crippen molar-refractivity contribution in [2.24, 2.45) is 0 Å². The molecular weight excluding hydrogens is 284 g/mol. The van der Waals surface area contributed by atoms with Crippen LogP contribution >= 0.6 is 0 Å². The van der Waals surface area contributed by atoms with E-state index in [2.05, 4.69) is 64.4 Å². The zero-order valence-corrected chi connectivity index (χ0v) is 13.9. The van der Waals surface area contributed by atoms with Crippen molar-refractivity contribution in [1.82, 2.24) is 9.80 Å². The Balaban J connectivity index is 1.59. The first kappa shape index (κ1) is 16.2. The second kappa shape index (κ2) is 7.73. The van der Waals surface area contributed by atoms with Gasteiger partial charge in [0.05, 0.1) is 6.10 Å². The number of rotatable bonds is 5. The Kier molecular flexibility index (Phi) is 5.44. The first-order valence-corrected chi connectivity index (χ1v) is 8.48. The summed E-state index contributed by atoms with van der Waals surface area (Å²) >= 11 is 0. The van der Waals surface area contributed by atoms with Crippen molar-refractivity contribution in [2.45, 2.75) is 19.6 Å². The summed E-state index contributed by atoms with van der Waals surface area (Å²) < 4.78 is 0. The van der Waals surface area contributed by atoms with Gasteiger partial charge in [0.1, 0.15) is 0 Å². The van der Waals surface area contributed by atoms with Crippen molar-refractivity contribution in [3.8, 4) is 11.1 Å². The fourth-order valence-electron chi connectivity index (χ4n) is 3.24. The van der Waals surface area contributed by atoms with E-state index in [-0.39, 0.29) is 6.10 Å². The van der Waals surface area contributed by atoms with Crippen LogP contribution < -0.4 is 0 Å². The lowest BCUT2D eigenvalue weighted by Crippen LogP contribution is -2.47. The van der Waals surface area contributed by atoms with Gasteiger partial charge in [0.25, 0.3) is 0 Å². The minimum atomic E-state index is -0.232. The molecule has 3 nitrogen and oxygen atoms in total. The van der Waals surface area contributed by atoms with E-state index in [0.717, 1.165) is 39.3 Å². The van der Waals surface area contributed by atoms with Crippen LogP contribution in [-0.4, -0.2) is 53.7 Å². The van der Waals surface area contributed by atoms with Gasteiger partial charge in [-0.3, -0.25) is 9.80 Å². The average Bonchev–Trinajstić information content (AvgIpc) is 2.57. The van der Waals surface area contributed by atoms with E-state index in [4.69, 9.17) is 0 Å². The number of aliphatic hydroxyl groups is 1. The smallest absolute Gasteiger partial charge is 0.0639 e. The molecule has 0 radical (unpaired) electrons. The summed E-state index contributed by atoms with van der Waals surface area (Å²) in [5.41, 5.74) is 3.93. The summed E-state index contributed by atoms with van der Waals surface area (Å²) in [5, 5.41) is 9.49. The highest BCUT2D eigenvalue weighted by atomic mass is 16.3. The molecule has 2 aromatic carbocycles. The van der Waals surface area contributed by atoms with Gasteiger partial charge < -0.3 is 5.11 Å². The van der Waals surface area contributed by atoms with Crippen LogP contribution in [0.1, 0.15) is 12.5 Å². The highest BCUT2D eigenvalue weighted by molar-refractivity contribution is 5.63. The lowest BCUT2D eigenvalue weighted by atomic mass is 10.0. The van der Waals surface area contributed by atoms with Gasteiger partial charge in [-0.1, -0.05) is 48.5 Å². The number of nitrogens with zero attached hydrogens (tertiary/aromatic N) is 2. The predicted octanol–water partition coefficient (Wildman–Crippen LogP) is 2.85. The van der Waals surface area contributed by atoms with Gasteiger partial charge in [-0.2, -0.15) is 0 Å². The van der Waals surface area contributed by atoms with E-state index in [1.54, 1.807) is 0 Å². The van der Waals surface area contributed by atoms with Crippen LogP contribution in [0, 0.1) is 0 Å². The quantitative estimate of drug-likeness (QED) is 0.920. The standard InChI is InChI=1S/C20H26N2O/c1-17(23)15-21-10-12-22(13-11-21)16-18-6-5-9-20(14-18)19-7-3-2-4-8-19/h2-9,14,17,23H,10-13,15-16H2,1H3/t17-/m0/s1. The molecule has 2 aromatic rings. The lowest BCUT2D eigenvalue weighted by molar-refractivity contribution is 0.0781. The number of hydrogen-bond acceptors (Lipinski definition) is 3. The van der Waals surface area contributed by atoms with Gasteiger partial charge in [0.2, 0.25) is 0 Å². The molecular formula is C20H26N2O. The van der Waals surface area contributed by atoms with Crippen molar-refractivity contribution in [3.05, 3.63) is 60.2 Å². The Labute approximate surface area is 139 Å². The van der Waals surface area contributed by atoms with Gasteiger partial charge in [-0.05, 0) is 29.7 Å². The van der Waals surface area contributed by atoms with E-state index in [9.17, 15) is 5.11 Å². The molecule has 0 spiro atoms. The molecule has 0 amide bonds. The van der Waals surface area contributed by atoms with E-state index in [1.807, 2.05) is 6.92 Å². The average molecular weight is 310 g/mol. The number of β-amino-alcohol motifs (C(OH)–C–C–N with tert-alkyl or cyclic N) is 1. The predicted molar refractivity (Wildman–Crippen MR) is 95.3 cm³/mol. The largest absolute Gasteiger partial charge is 0.392 e. The Bertz CT molecular complexity index is 604. The van der Waals surface area contributed by atoms with Gasteiger partial charge >= 0.3 is 0 Å². The van der Waals surface area contributed by atoms with Crippen molar-refractivity contribution >= 4 is 0 Å². The van der Waals surface area contributed by atoms with Crippen LogP contribution in [0.3, 0.4) is 0 Å². The van der Waals surface area contributed by atoms with Crippen LogP contribution in [0.25, 0.3) is 11.1 Å². The molecule has 1 heterocycles. The van der Waals surface area contributed by atoms with Crippen LogP contribution in [0.15, 0.2) is 54.6 Å². The normalized spacial score (nSPS) is 18.0. The fourth-order valence-corrected chi connectivity index (χ4v) is 3.24. The number of aliphatic hydroxyl groups excluding tert-OH is 1. The zero-order chi connectivity index (χ0) is 16.1.